The molecule has 1 unspecified atom stereocenters. The number of hydrogen-bond acceptors (Lipinski definition) is 10. The zero-order valence-electron chi connectivity index (χ0n) is 26.1. The number of rotatable bonds is 11. The first-order valence-electron chi connectivity index (χ1n) is 15.0. The predicted molar refractivity (Wildman–Crippen MR) is 165 cm³/mol. The molecule has 15 nitrogen and oxygen atoms in total. The number of benzene rings is 1. The van der Waals surface area contributed by atoms with E-state index in [4.69, 9.17) is 9.47 Å². The van der Waals surface area contributed by atoms with Gasteiger partial charge in [-0.25, -0.2) is 18.2 Å². The van der Waals surface area contributed by atoms with E-state index >= 15 is 0 Å². The molecule has 2 aromatic rings. The lowest BCUT2D eigenvalue weighted by molar-refractivity contribution is -0.138. The van der Waals surface area contributed by atoms with Crippen molar-refractivity contribution in [1.29, 1.82) is 0 Å². The predicted octanol–water partition coefficient (Wildman–Crippen LogP) is 0.831. The molecule has 0 radical (unpaired) electrons. The van der Waals surface area contributed by atoms with Crippen molar-refractivity contribution in [2.24, 2.45) is 0 Å². The van der Waals surface area contributed by atoms with E-state index in [-0.39, 0.29) is 70.2 Å². The van der Waals surface area contributed by atoms with Gasteiger partial charge in [0.15, 0.2) is 16.4 Å². The van der Waals surface area contributed by atoms with Gasteiger partial charge in [-0.15, -0.1) is 0 Å². The number of aryl methyl sites for hydroxylation is 1. The van der Waals surface area contributed by atoms with E-state index in [1.54, 1.807) is 19.1 Å². The smallest absolute Gasteiger partial charge is 0.409 e. The molecule has 250 valence electrons. The summed E-state index contributed by atoms with van der Waals surface area (Å²) in [6, 6.07) is 5.45. The second-order valence-electron chi connectivity index (χ2n) is 11.4. The Labute approximate surface area is 266 Å². The summed E-state index contributed by atoms with van der Waals surface area (Å²) in [5.41, 5.74) is 1.14. The molecule has 1 aromatic carbocycles. The molecule has 1 aromatic heterocycles. The van der Waals surface area contributed by atoms with Gasteiger partial charge in [0.05, 0.1) is 17.4 Å². The normalized spacial score (nSPS) is 17.5. The summed E-state index contributed by atoms with van der Waals surface area (Å²) in [5, 5.41) is 11.8. The maximum Gasteiger partial charge on any atom is 0.409 e. The third kappa shape index (κ3) is 8.62. The van der Waals surface area contributed by atoms with Crippen molar-refractivity contribution >= 4 is 50.5 Å². The molecule has 2 N–H and O–H groups in total. The third-order valence-corrected chi connectivity index (χ3v) is 9.58. The summed E-state index contributed by atoms with van der Waals surface area (Å²) in [6.45, 7) is 4.52. The quantitative estimate of drug-likeness (QED) is 0.347. The maximum atomic E-state index is 13.5. The number of hydrogen-bond donors (Lipinski definition) is 2. The Kier molecular flexibility index (Phi) is 11.0. The van der Waals surface area contributed by atoms with Crippen LogP contribution in [0, 0.1) is 6.92 Å². The molecule has 2 aliphatic heterocycles. The van der Waals surface area contributed by atoms with Gasteiger partial charge in [0, 0.05) is 63.4 Å². The topological polar surface area (TPSA) is 193 Å². The van der Waals surface area contributed by atoms with Gasteiger partial charge >= 0.3 is 12.1 Å². The standard InChI is InChI=1S/C30H39N5O10S/c1-4-44-30(41)34-13-11-33(12-14-34)29(40)22(7-8-27(37)38)32-28(39)24-16-25(21-6-5-19(2)15-23(21)31-24)45-18-26(36)35-10-9-20(17-35)46(3,42)43/h5-6,15-16,20,22H,4,7-14,17-18H2,1-3H3,(H,32,39)(H,37,38)/t20-,22?/m0/s1. The molecule has 3 heterocycles. The summed E-state index contributed by atoms with van der Waals surface area (Å²) >= 11 is 0. The van der Waals surface area contributed by atoms with E-state index in [1.165, 1.54) is 20.8 Å². The van der Waals surface area contributed by atoms with E-state index in [0.29, 0.717) is 17.3 Å². The number of carboxylic acids is 1. The second kappa shape index (κ2) is 14.7. The maximum absolute atomic E-state index is 13.5. The minimum absolute atomic E-state index is 0.0780. The number of nitrogens with zero attached hydrogens (tertiary/aromatic N) is 4. The van der Waals surface area contributed by atoms with Crippen molar-refractivity contribution in [2.45, 2.75) is 44.4 Å². The molecule has 2 aliphatic rings. The Morgan fingerprint density at radius 1 is 1.04 bits per heavy atom. The zero-order chi connectivity index (χ0) is 33.6. The number of carboxylic acid groups (broad SMARTS) is 1. The molecular formula is C30H39N5O10S. The summed E-state index contributed by atoms with van der Waals surface area (Å²) in [5.74, 6) is -2.60. The van der Waals surface area contributed by atoms with Gasteiger partial charge in [-0.1, -0.05) is 6.07 Å². The van der Waals surface area contributed by atoms with Crippen molar-refractivity contribution in [2.75, 3.05) is 58.7 Å². The fraction of sp³-hybridized carbons (Fsp3) is 0.533. The van der Waals surface area contributed by atoms with E-state index in [0.717, 1.165) is 11.8 Å². The number of ether oxygens (including phenoxy) is 2. The minimum Gasteiger partial charge on any atom is -0.483 e. The Morgan fingerprint density at radius 3 is 2.37 bits per heavy atom. The van der Waals surface area contributed by atoms with Crippen molar-refractivity contribution in [3.05, 3.63) is 35.5 Å². The fourth-order valence-electron chi connectivity index (χ4n) is 5.38. The fourth-order valence-corrected chi connectivity index (χ4v) is 6.36. The molecule has 0 saturated carbocycles. The summed E-state index contributed by atoms with van der Waals surface area (Å²) < 4.78 is 34.7. The Morgan fingerprint density at radius 2 is 1.74 bits per heavy atom. The molecule has 2 saturated heterocycles. The highest BCUT2D eigenvalue weighted by atomic mass is 32.2. The van der Waals surface area contributed by atoms with Gasteiger partial charge in [-0.2, -0.15) is 0 Å². The lowest BCUT2D eigenvalue weighted by Crippen LogP contribution is -2.56. The number of amides is 4. The number of likely N-dealkylation sites (tertiary alicyclic amines) is 1. The minimum atomic E-state index is -3.29. The first-order chi connectivity index (χ1) is 21.8. The number of piperazine rings is 1. The Hall–Kier alpha value is -4.47. The average molecular weight is 662 g/mol. The van der Waals surface area contributed by atoms with E-state index < -0.39 is 57.5 Å². The number of aromatic nitrogens is 1. The van der Waals surface area contributed by atoms with Crippen molar-refractivity contribution in [3.63, 3.8) is 0 Å². The Balaban J connectivity index is 1.50. The SMILES string of the molecule is CCOC(=O)N1CCN(C(=O)C(CCC(=O)O)NC(=O)c2cc(OCC(=O)N3CC[C@H](S(C)(=O)=O)C3)c3ccc(C)cc3n2)CC1. The van der Waals surface area contributed by atoms with Crippen LogP contribution in [0.1, 0.15) is 42.2 Å². The second-order valence-corrected chi connectivity index (χ2v) is 13.7. The Bertz CT molecular complexity index is 1610. The number of aliphatic carboxylic acids is 1. The van der Waals surface area contributed by atoms with Crippen LogP contribution in [0.2, 0.25) is 0 Å². The highest BCUT2D eigenvalue weighted by Gasteiger charge is 2.33. The molecule has 46 heavy (non-hydrogen) atoms. The van der Waals surface area contributed by atoms with Gasteiger partial charge in [0.25, 0.3) is 11.8 Å². The van der Waals surface area contributed by atoms with E-state index in [1.807, 2.05) is 13.0 Å². The largest absolute Gasteiger partial charge is 0.483 e. The highest BCUT2D eigenvalue weighted by Crippen LogP contribution is 2.27. The molecule has 16 heteroatoms. The van der Waals surface area contributed by atoms with Gasteiger partial charge in [0.2, 0.25) is 5.91 Å². The monoisotopic (exact) mass is 661 g/mol. The zero-order valence-corrected chi connectivity index (χ0v) is 26.9. The molecule has 0 aliphatic carbocycles. The number of carbonyl (C=O) groups excluding carboxylic acids is 4. The number of pyridine rings is 1. The van der Waals surface area contributed by atoms with Crippen LogP contribution < -0.4 is 10.1 Å². The third-order valence-electron chi connectivity index (χ3n) is 7.98. The van der Waals surface area contributed by atoms with Crippen molar-refractivity contribution in [3.8, 4) is 5.75 Å². The number of carbonyl (C=O) groups is 5. The van der Waals surface area contributed by atoms with Crippen LogP contribution in [0.25, 0.3) is 10.9 Å². The average Bonchev–Trinajstić information content (AvgIpc) is 3.53. The van der Waals surface area contributed by atoms with Crippen LogP contribution in [0.5, 0.6) is 5.75 Å². The van der Waals surface area contributed by atoms with Crippen LogP contribution in [-0.2, 0) is 29.0 Å². The first-order valence-corrected chi connectivity index (χ1v) is 17.0. The van der Waals surface area contributed by atoms with Crippen LogP contribution in [0.15, 0.2) is 24.3 Å². The van der Waals surface area contributed by atoms with E-state index in [9.17, 15) is 37.5 Å². The molecule has 0 bridgehead atoms. The number of nitrogens with one attached hydrogen (secondary N) is 1. The summed E-state index contributed by atoms with van der Waals surface area (Å²) in [6.07, 6.45) is 0.450. The van der Waals surface area contributed by atoms with Crippen molar-refractivity contribution in [1.82, 2.24) is 25.0 Å². The van der Waals surface area contributed by atoms with Gasteiger partial charge in [-0.05, 0) is 44.4 Å². The highest BCUT2D eigenvalue weighted by molar-refractivity contribution is 7.91. The van der Waals surface area contributed by atoms with Gasteiger partial charge in [-0.3, -0.25) is 19.2 Å². The molecule has 2 fully saturated rings. The summed E-state index contributed by atoms with van der Waals surface area (Å²) in [7, 11) is -3.29. The summed E-state index contributed by atoms with van der Waals surface area (Å²) in [4.78, 5) is 72.1. The number of fused-ring (bicyclic) bond motifs is 1. The first kappa shape index (κ1) is 34.4. The molecular weight excluding hydrogens is 622 g/mol. The van der Waals surface area contributed by atoms with Crippen LogP contribution >= 0.6 is 0 Å². The molecule has 0 spiro atoms. The van der Waals surface area contributed by atoms with Crippen LogP contribution in [-0.4, -0.2) is 133 Å². The van der Waals surface area contributed by atoms with Crippen LogP contribution in [0.4, 0.5) is 4.79 Å². The van der Waals surface area contributed by atoms with Crippen LogP contribution in [0.3, 0.4) is 0 Å². The lowest BCUT2D eigenvalue weighted by atomic mass is 10.1. The van der Waals surface area contributed by atoms with Crippen molar-refractivity contribution < 1.29 is 47.0 Å². The van der Waals surface area contributed by atoms with E-state index in [2.05, 4.69) is 10.3 Å². The number of sulfone groups is 1. The lowest BCUT2D eigenvalue weighted by Gasteiger charge is -2.35. The van der Waals surface area contributed by atoms with Gasteiger partial charge in [0.1, 0.15) is 17.5 Å². The molecule has 4 amide bonds. The molecule has 4 rings (SSSR count). The molecule has 2 atom stereocenters. The van der Waals surface area contributed by atoms with Gasteiger partial charge < -0.3 is 34.6 Å².